The summed E-state index contributed by atoms with van der Waals surface area (Å²) in [6.07, 6.45) is 2.23. The van der Waals surface area contributed by atoms with Crippen molar-refractivity contribution in [1.82, 2.24) is 4.90 Å². The summed E-state index contributed by atoms with van der Waals surface area (Å²) in [4.78, 5) is 4.33. The summed E-state index contributed by atoms with van der Waals surface area (Å²) in [5.41, 5.74) is 7.27. The van der Waals surface area contributed by atoms with E-state index in [1.165, 1.54) is 12.1 Å². The molecule has 0 aromatic heterocycles. The van der Waals surface area contributed by atoms with Crippen LogP contribution in [0.3, 0.4) is 0 Å². The quantitative estimate of drug-likeness (QED) is 0.858. The topological polar surface area (TPSA) is 32.5 Å². The van der Waals surface area contributed by atoms with Crippen molar-refractivity contribution in [2.24, 2.45) is 0 Å². The molecule has 1 unspecified atom stereocenters. The molecule has 0 saturated carbocycles. The van der Waals surface area contributed by atoms with Gasteiger partial charge in [-0.15, -0.1) is 0 Å². The Kier molecular flexibility index (Phi) is 3.97. The van der Waals surface area contributed by atoms with Gasteiger partial charge >= 0.3 is 0 Å². The summed E-state index contributed by atoms with van der Waals surface area (Å²) in [5.74, 6) is -0.406. The molecule has 5 heteroatoms. The number of halogens is 2. The molecule has 18 heavy (non-hydrogen) atoms. The molecule has 2 N–H and O–H groups in total. The molecule has 1 aliphatic heterocycles. The van der Waals surface area contributed by atoms with E-state index in [4.69, 9.17) is 17.3 Å². The first-order valence-electron chi connectivity index (χ1n) is 6.15. The minimum absolute atomic E-state index is 0.0830. The predicted molar refractivity (Wildman–Crippen MR) is 74.7 cm³/mol. The molecule has 1 aromatic rings. The van der Waals surface area contributed by atoms with Crippen LogP contribution in [-0.2, 0) is 0 Å². The van der Waals surface area contributed by atoms with Crippen LogP contribution in [0.2, 0.25) is 5.02 Å². The molecular weight excluding hydrogens is 253 g/mol. The zero-order valence-corrected chi connectivity index (χ0v) is 11.5. The summed E-state index contributed by atoms with van der Waals surface area (Å²) in [6, 6.07) is 3.34. The number of benzene rings is 1. The number of likely N-dealkylation sites (N-methyl/N-ethyl adjacent to an activating group) is 1. The zero-order chi connectivity index (χ0) is 13.3. The molecule has 3 nitrogen and oxygen atoms in total. The molecule has 2 rings (SSSR count). The maximum absolute atomic E-state index is 13.6. The number of hydrogen-bond acceptors (Lipinski definition) is 3. The van der Waals surface area contributed by atoms with Gasteiger partial charge in [0.05, 0.1) is 16.4 Å². The largest absolute Gasteiger partial charge is 0.397 e. The summed E-state index contributed by atoms with van der Waals surface area (Å²) in [6.45, 7) is 1.87. The second-order valence-corrected chi connectivity index (χ2v) is 5.48. The number of rotatable bonds is 3. The van der Waals surface area contributed by atoms with Crippen molar-refractivity contribution in [1.29, 1.82) is 0 Å². The Labute approximate surface area is 112 Å². The highest BCUT2D eigenvalue weighted by atomic mass is 35.5. The lowest BCUT2D eigenvalue weighted by atomic mass is 10.2. The molecule has 0 radical (unpaired) electrons. The second-order valence-electron chi connectivity index (χ2n) is 5.08. The first-order chi connectivity index (χ1) is 8.49. The van der Waals surface area contributed by atoms with Gasteiger partial charge in [0.15, 0.2) is 0 Å². The van der Waals surface area contributed by atoms with Crippen molar-refractivity contribution in [3.63, 3.8) is 0 Å². The molecule has 0 aliphatic carbocycles. The van der Waals surface area contributed by atoms with Crippen molar-refractivity contribution >= 4 is 23.0 Å². The van der Waals surface area contributed by atoms with Crippen molar-refractivity contribution < 1.29 is 4.39 Å². The van der Waals surface area contributed by atoms with E-state index in [1.54, 1.807) is 0 Å². The third-order valence-electron chi connectivity index (χ3n) is 3.33. The van der Waals surface area contributed by atoms with Crippen molar-refractivity contribution in [3.8, 4) is 0 Å². The lowest BCUT2D eigenvalue weighted by Crippen LogP contribution is -2.37. The number of nitrogen functional groups attached to an aromatic ring is 1. The van der Waals surface area contributed by atoms with Crippen LogP contribution in [0.25, 0.3) is 0 Å². The second kappa shape index (κ2) is 5.33. The Bertz CT molecular complexity index is 436. The number of hydrogen-bond donors (Lipinski definition) is 1. The van der Waals surface area contributed by atoms with Gasteiger partial charge < -0.3 is 15.5 Å². The average Bonchev–Trinajstić information content (AvgIpc) is 2.70. The fourth-order valence-electron chi connectivity index (χ4n) is 2.56. The van der Waals surface area contributed by atoms with E-state index in [0.717, 1.165) is 31.6 Å². The van der Waals surface area contributed by atoms with Gasteiger partial charge in [0.25, 0.3) is 0 Å². The van der Waals surface area contributed by atoms with Gasteiger partial charge in [0, 0.05) is 25.2 Å². The van der Waals surface area contributed by atoms with Gasteiger partial charge in [-0.3, -0.25) is 0 Å². The minimum Gasteiger partial charge on any atom is -0.397 e. The highest BCUT2D eigenvalue weighted by Gasteiger charge is 2.27. The van der Waals surface area contributed by atoms with Gasteiger partial charge in [-0.05, 0) is 33.0 Å². The van der Waals surface area contributed by atoms with Crippen LogP contribution in [0.1, 0.15) is 12.8 Å². The molecule has 1 aliphatic rings. The van der Waals surface area contributed by atoms with Crippen LogP contribution in [0, 0.1) is 5.82 Å². The molecule has 0 bridgehead atoms. The van der Waals surface area contributed by atoms with E-state index < -0.39 is 5.82 Å². The molecule has 1 atom stereocenters. The predicted octanol–water partition coefficient (Wildman–Crippen LogP) is 2.59. The maximum atomic E-state index is 13.6. The van der Waals surface area contributed by atoms with Gasteiger partial charge in [-0.1, -0.05) is 11.6 Å². The van der Waals surface area contributed by atoms with E-state index >= 15 is 0 Å². The third kappa shape index (κ3) is 2.70. The van der Waals surface area contributed by atoms with E-state index in [0.29, 0.717) is 11.7 Å². The Balaban J connectivity index is 2.27. The van der Waals surface area contributed by atoms with Crippen LogP contribution >= 0.6 is 11.6 Å². The number of nitrogens with zero attached hydrogens (tertiary/aromatic N) is 2. The normalized spacial score (nSPS) is 19.8. The zero-order valence-electron chi connectivity index (χ0n) is 10.8. The number of anilines is 2. The summed E-state index contributed by atoms with van der Waals surface area (Å²) < 4.78 is 13.6. The van der Waals surface area contributed by atoms with Gasteiger partial charge in [-0.2, -0.15) is 0 Å². The van der Waals surface area contributed by atoms with Gasteiger partial charge in [-0.25, -0.2) is 4.39 Å². The molecule has 1 fully saturated rings. The number of nitrogens with two attached hydrogens (primary N) is 1. The molecule has 1 saturated heterocycles. The Hall–Kier alpha value is -1.00. The van der Waals surface area contributed by atoms with Crippen molar-refractivity contribution in [2.45, 2.75) is 18.9 Å². The summed E-state index contributed by atoms with van der Waals surface area (Å²) in [5, 5.41) is 0.0830. The SMILES string of the molecule is CN(C)CC1CCCN1c1cc(F)c(Cl)cc1N. The van der Waals surface area contributed by atoms with Crippen molar-refractivity contribution in [3.05, 3.63) is 23.0 Å². The molecule has 1 heterocycles. The Morgan fingerprint density at radius 3 is 2.89 bits per heavy atom. The lowest BCUT2D eigenvalue weighted by molar-refractivity contribution is 0.372. The van der Waals surface area contributed by atoms with E-state index in [-0.39, 0.29) is 5.02 Å². The molecule has 100 valence electrons. The summed E-state index contributed by atoms with van der Waals surface area (Å²) >= 11 is 5.73. The molecule has 0 spiro atoms. The smallest absolute Gasteiger partial charge is 0.144 e. The molecular formula is C13H19ClFN3. The van der Waals surface area contributed by atoms with E-state index in [1.807, 2.05) is 14.1 Å². The van der Waals surface area contributed by atoms with Crippen LogP contribution < -0.4 is 10.6 Å². The van der Waals surface area contributed by atoms with Gasteiger partial charge in [0.2, 0.25) is 0 Å². The highest BCUT2D eigenvalue weighted by Crippen LogP contribution is 2.33. The van der Waals surface area contributed by atoms with Crippen LogP contribution in [-0.4, -0.2) is 38.1 Å². The van der Waals surface area contributed by atoms with Crippen molar-refractivity contribution in [2.75, 3.05) is 37.8 Å². The fraction of sp³-hybridized carbons (Fsp3) is 0.538. The first-order valence-corrected chi connectivity index (χ1v) is 6.52. The minimum atomic E-state index is -0.406. The highest BCUT2D eigenvalue weighted by molar-refractivity contribution is 6.31. The summed E-state index contributed by atoms with van der Waals surface area (Å²) in [7, 11) is 4.09. The van der Waals surface area contributed by atoms with Crippen LogP contribution in [0.15, 0.2) is 12.1 Å². The molecule has 1 aromatic carbocycles. The van der Waals surface area contributed by atoms with Crippen LogP contribution in [0.4, 0.5) is 15.8 Å². The third-order valence-corrected chi connectivity index (χ3v) is 3.62. The Morgan fingerprint density at radius 2 is 2.22 bits per heavy atom. The van der Waals surface area contributed by atoms with E-state index in [9.17, 15) is 4.39 Å². The maximum Gasteiger partial charge on any atom is 0.144 e. The monoisotopic (exact) mass is 271 g/mol. The average molecular weight is 272 g/mol. The molecule has 0 amide bonds. The fourth-order valence-corrected chi connectivity index (χ4v) is 2.74. The first kappa shape index (κ1) is 13.4. The standard InChI is InChI=1S/C13H19ClFN3/c1-17(2)8-9-4-3-5-18(9)13-7-11(15)10(14)6-12(13)16/h6-7,9H,3-5,8,16H2,1-2H3. The van der Waals surface area contributed by atoms with E-state index in [2.05, 4.69) is 9.80 Å². The lowest BCUT2D eigenvalue weighted by Gasteiger charge is -2.30. The van der Waals surface area contributed by atoms with Gasteiger partial charge in [0.1, 0.15) is 5.82 Å². The van der Waals surface area contributed by atoms with Crippen LogP contribution in [0.5, 0.6) is 0 Å². The Morgan fingerprint density at radius 1 is 1.50 bits per heavy atom.